The van der Waals surface area contributed by atoms with Crippen molar-refractivity contribution in [2.75, 3.05) is 13.7 Å². The van der Waals surface area contributed by atoms with Crippen LogP contribution in [0.3, 0.4) is 0 Å². The first-order valence-corrected chi connectivity index (χ1v) is 7.87. The first kappa shape index (κ1) is 17.7. The predicted octanol–water partition coefficient (Wildman–Crippen LogP) is 1.34. The molecule has 0 spiro atoms. The van der Waals surface area contributed by atoms with Gasteiger partial charge < -0.3 is 20.4 Å². The lowest BCUT2D eigenvalue weighted by atomic mass is 10.1. The van der Waals surface area contributed by atoms with E-state index in [9.17, 15) is 4.79 Å². The summed E-state index contributed by atoms with van der Waals surface area (Å²) in [5, 5.41) is 3.07. The highest BCUT2D eigenvalue weighted by molar-refractivity contribution is 5.78. The molecule has 0 saturated carbocycles. The van der Waals surface area contributed by atoms with Crippen LogP contribution in [0.4, 0.5) is 0 Å². The number of hydrogen-bond donors (Lipinski definition) is 2. The zero-order chi connectivity index (χ0) is 17.4. The molecule has 0 fully saturated rings. The van der Waals surface area contributed by atoms with Crippen LogP contribution in [0.2, 0.25) is 0 Å². The molecule has 0 radical (unpaired) electrons. The summed E-state index contributed by atoms with van der Waals surface area (Å²) in [5.41, 5.74) is 7.97. The van der Waals surface area contributed by atoms with Crippen LogP contribution in [0.15, 0.2) is 58.4 Å². The molecule has 6 heteroatoms. The van der Waals surface area contributed by atoms with Gasteiger partial charge in [0, 0.05) is 25.4 Å². The maximum Gasteiger partial charge on any atom is 0.250 e. The number of aliphatic imine (C=N–C) groups is 1. The van der Waals surface area contributed by atoms with Gasteiger partial charge in [0.25, 0.3) is 5.56 Å². The zero-order valence-electron chi connectivity index (χ0n) is 14.1. The number of benzene rings is 1. The molecule has 6 nitrogen and oxygen atoms in total. The van der Waals surface area contributed by atoms with Crippen molar-refractivity contribution < 1.29 is 4.74 Å². The number of pyridine rings is 1. The van der Waals surface area contributed by atoms with Crippen molar-refractivity contribution in [2.24, 2.45) is 10.7 Å². The van der Waals surface area contributed by atoms with Gasteiger partial charge >= 0.3 is 0 Å². The summed E-state index contributed by atoms with van der Waals surface area (Å²) < 4.78 is 6.71. The predicted molar refractivity (Wildman–Crippen MR) is 96.0 cm³/mol. The molecule has 2 aromatic rings. The van der Waals surface area contributed by atoms with Crippen molar-refractivity contribution in [2.45, 2.75) is 26.1 Å². The molecule has 128 valence electrons. The average Bonchev–Trinajstić information content (AvgIpc) is 2.56. The van der Waals surface area contributed by atoms with Gasteiger partial charge in [-0.25, -0.2) is 4.99 Å². The lowest BCUT2D eigenvalue weighted by Gasteiger charge is -2.13. The smallest absolute Gasteiger partial charge is 0.250 e. The van der Waals surface area contributed by atoms with Gasteiger partial charge in [-0.15, -0.1) is 0 Å². The van der Waals surface area contributed by atoms with E-state index in [1.165, 1.54) is 0 Å². The van der Waals surface area contributed by atoms with E-state index >= 15 is 0 Å². The highest BCUT2D eigenvalue weighted by atomic mass is 16.5. The van der Waals surface area contributed by atoms with Crippen LogP contribution in [-0.4, -0.2) is 30.3 Å². The van der Waals surface area contributed by atoms with Crippen LogP contribution in [0, 0.1) is 0 Å². The highest BCUT2D eigenvalue weighted by Gasteiger charge is 2.02. The van der Waals surface area contributed by atoms with Crippen molar-refractivity contribution in [1.29, 1.82) is 0 Å². The normalized spacial score (nSPS) is 12.8. The van der Waals surface area contributed by atoms with E-state index in [4.69, 9.17) is 10.5 Å². The second-order valence-corrected chi connectivity index (χ2v) is 5.69. The average molecular weight is 328 g/mol. The van der Waals surface area contributed by atoms with Crippen LogP contribution in [0.5, 0.6) is 0 Å². The van der Waals surface area contributed by atoms with Gasteiger partial charge in [-0.05, 0) is 24.1 Å². The van der Waals surface area contributed by atoms with E-state index in [0.717, 1.165) is 11.1 Å². The molecule has 24 heavy (non-hydrogen) atoms. The first-order chi connectivity index (χ1) is 11.6. The SMILES string of the molecule is COCC(C)NC(N)=NCc1ccc(Cn2ccccc2=O)cc1. The Balaban J connectivity index is 1.92. The van der Waals surface area contributed by atoms with Crippen LogP contribution < -0.4 is 16.6 Å². The molecule has 0 aliphatic carbocycles. The third kappa shape index (κ3) is 5.55. The number of methoxy groups -OCH3 is 1. The fourth-order valence-electron chi connectivity index (χ4n) is 2.30. The molecule has 1 aromatic heterocycles. The Hall–Kier alpha value is -2.60. The standard InChI is InChI=1S/C18H24N4O2/c1-14(13-24-2)21-18(19)20-11-15-6-8-16(9-7-15)12-22-10-4-3-5-17(22)23/h3-10,14H,11-13H2,1-2H3,(H3,19,20,21). The van der Waals surface area contributed by atoms with E-state index in [1.54, 1.807) is 30.0 Å². The van der Waals surface area contributed by atoms with Crippen molar-refractivity contribution >= 4 is 5.96 Å². The highest BCUT2D eigenvalue weighted by Crippen LogP contribution is 2.07. The number of nitrogens with one attached hydrogen (secondary N) is 1. The molecule has 0 aliphatic heterocycles. The van der Waals surface area contributed by atoms with Gasteiger partial charge in [0.05, 0.1) is 19.7 Å². The molecule has 0 bridgehead atoms. The summed E-state index contributed by atoms with van der Waals surface area (Å²) in [4.78, 5) is 16.0. The number of guanidine groups is 1. The fraction of sp³-hybridized carbons (Fsp3) is 0.333. The second kappa shape index (κ2) is 8.88. The van der Waals surface area contributed by atoms with E-state index in [-0.39, 0.29) is 11.6 Å². The molecular formula is C18H24N4O2. The largest absolute Gasteiger partial charge is 0.383 e. The lowest BCUT2D eigenvalue weighted by Crippen LogP contribution is -2.40. The summed E-state index contributed by atoms with van der Waals surface area (Å²) in [6.45, 7) is 3.61. The third-order valence-corrected chi connectivity index (χ3v) is 3.52. The number of nitrogens with two attached hydrogens (primary N) is 1. The molecular weight excluding hydrogens is 304 g/mol. The van der Waals surface area contributed by atoms with Gasteiger partial charge in [-0.3, -0.25) is 4.79 Å². The van der Waals surface area contributed by atoms with Crippen LogP contribution in [0.25, 0.3) is 0 Å². The van der Waals surface area contributed by atoms with E-state index in [0.29, 0.717) is 25.7 Å². The number of ether oxygens (including phenoxy) is 1. The third-order valence-electron chi connectivity index (χ3n) is 3.52. The molecule has 3 N–H and O–H groups in total. The Morgan fingerprint density at radius 2 is 1.96 bits per heavy atom. The molecule has 1 unspecified atom stereocenters. The molecule has 0 amide bonds. The van der Waals surface area contributed by atoms with Gasteiger partial charge in [0.1, 0.15) is 0 Å². The summed E-state index contributed by atoms with van der Waals surface area (Å²) in [6.07, 6.45) is 1.79. The quantitative estimate of drug-likeness (QED) is 0.593. The van der Waals surface area contributed by atoms with Crippen LogP contribution >= 0.6 is 0 Å². The number of nitrogens with zero attached hydrogens (tertiary/aromatic N) is 2. The first-order valence-electron chi connectivity index (χ1n) is 7.87. The second-order valence-electron chi connectivity index (χ2n) is 5.69. The van der Waals surface area contributed by atoms with Gasteiger partial charge in [-0.2, -0.15) is 0 Å². The van der Waals surface area contributed by atoms with Crippen molar-refractivity contribution in [3.8, 4) is 0 Å². The summed E-state index contributed by atoms with van der Waals surface area (Å²) in [5.74, 6) is 0.402. The van der Waals surface area contributed by atoms with Crippen LogP contribution in [-0.2, 0) is 17.8 Å². The molecule has 0 saturated heterocycles. The Bertz CT molecular complexity index is 722. The summed E-state index contributed by atoms with van der Waals surface area (Å²) >= 11 is 0. The molecule has 1 heterocycles. The summed E-state index contributed by atoms with van der Waals surface area (Å²) in [6, 6.07) is 13.3. The molecule has 0 aliphatic rings. The maximum absolute atomic E-state index is 11.7. The van der Waals surface area contributed by atoms with Gasteiger partial charge in [0.2, 0.25) is 0 Å². The maximum atomic E-state index is 11.7. The van der Waals surface area contributed by atoms with Crippen molar-refractivity contribution in [3.63, 3.8) is 0 Å². The topological polar surface area (TPSA) is 81.6 Å². The Kier molecular flexibility index (Phi) is 6.57. The molecule has 1 aromatic carbocycles. The van der Waals surface area contributed by atoms with Gasteiger partial charge in [-0.1, -0.05) is 30.3 Å². The van der Waals surface area contributed by atoms with Crippen molar-refractivity contribution in [1.82, 2.24) is 9.88 Å². The van der Waals surface area contributed by atoms with E-state index < -0.39 is 0 Å². The minimum Gasteiger partial charge on any atom is -0.383 e. The minimum atomic E-state index is -0.00444. The Labute approximate surface area is 142 Å². The zero-order valence-corrected chi connectivity index (χ0v) is 14.1. The monoisotopic (exact) mass is 328 g/mol. The number of rotatable bonds is 7. The Morgan fingerprint density at radius 3 is 2.62 bits per heavy atom. The lowest BCUT2D eigenvalue weighted by molar-refractivity contribution is 0.179. The van der Waals surface area contributed by atoms with Crippen molar-refractivity contribution in [3.05, 3.63) is 70.1 Å². The van der Waals surface area contributed by atoms with Gasteiger partial charge in [0.15, 0.2) is 5.96 Å². The number of hydrogen-bond acceptors (Lipinski definition) is 3. The molecule has 2 rings (SSSR count). The fourth-order valence-corrected chi connectivity index (χ4v) is 2.30. The molecule has 1 atom stereocenters. The Morgan fingerprint density at radius 1 is 1.25 bits per heavy atom. The van der Waals surface area contributed by atoms with Crippen LogP contribution in [0.1, 0.15) is 18.1 Å². The van der Waals surface area contributed by atoms with E-state index in [1.807, 2.05) is 37.3 Å². The van der Waals surface area contributed by atoms with E-state index in [2.05, 4.69) is 10.3 Å². The minimum absolute atomic E-state index is 0.00444. The summed E-state index contributed by atoms with van der Waals surface area (Å²) in [7, 11) is 1.65. The number of aromatic nitrogens is 1.